The average molecular weight is 230 g/mol. The first kappa shape index (κ1) is 11.3. The Morgan fingerprint density at radius 1 is 1.31 bits per heavy atom. The fourth-order valence-corrected chi connectivity index (χ4v) is 1.80. The van der Waals surface area contributed by atoms with Crippen LogP contribution < -0.4 is 10.6 Å². The Morgan fingerprint density at radius 3 is 2.75 bits per heavy atom. The lowest BCUT2D eigenvalue weighted by Crippen LogP contribution is -2.22. The molecule has 0 spiro atoms. The van der Waals surface area contributed by atoms with Gasteiger partial charge >= 0.3 is 6.18 Å². The van der Waals surface area contributed by atoms with Crippen molar-refractivity contribution in [1.82, 2.24) is 5.32 Å². The van der Waals surface area contributed by atoms with Gasteiger partial charge in [0.15, 0.2) is 0 Å². The molecule has 0 aliphatic carbocycles. The van der Waals surface area contributed by atoms with Gasteiger partial charge in [0.2, 0.25) is 0 Å². The third-order valence-electron chi connectivity index (χ3n) is 2.62. The maximum atomic E-state index is 12.4. The molecule has 88 valence electrons. The minimum atomic E-state index is -4.27. The van der Waals surface area contributed by atoms with Crippen molar-refractivity contribution in [1.29, 1.82) is 0 Å². The monoisotopic (exact) mass is 230 g/mol. The molecule has 1 saturated heterocycles. The molecule has 2 N–H and O–H groups in total. The van der Waals surface area contributed by atoms with Crippen molar-refractivity contribution in [3.8, 4) is 0 Å². The highest BCUT2D eigenvalue weighted by Crippen LogP contribution is 2.30. The molecule has 1 aromatic carbocycles. The second-order valence-electron chi connectivity index (χ2n) is 3.91. The number of benzene rings is 1. The summed E-state index contributed by atoms with van der Waals surface area (Å²) in [5.74, 6) is 0. The summed E-state index contributed by atoms with van der Waals surface area (Å²) >= 11 is 0. The minimum absolute atomic E-state index is 0.225. The number of hydrogen-bond donors (Lipinski definition) is 2. The molecular formula is C11H13F3N2. The first-order valence-corrected chi connectivity index (χ1v) is 5.20. The largest absolute Gasteiger partial charge is 0.416 e. The Bertz CT molecular complexity index is 356. The molecule has 0 saturated carbocycles. The van der Waals surface area contributed by atoms with Crippen molar-refractivity contribution in [2.75, 3.05) is 18.4 Å². The predicted octanol–water partition coefficient (Wildman–Crippen LogP) is 2.48. The van der Waals surface area contributed by atoms with E-state index in [-0.39, 0.29) is 6.04 Å². The maximum Gasteiger partial charge on any atom is 0.416 e. The van der Waals surface area contributed by atoms with E-state index in [1.807, 2.05) is 0 Å². The second-order valence-corrected chi connectivity index (χ2v) is 3.91. The van der Waals surface area contributed by atoms with Crippen LogP contribution in [0.25, 0.3) is 0 Å². The lowest BCUT2D eigenvalue weighted by molar-refractivity contribution is -0.137. The van der Waals surface area contributed by atoms with E-state index in [0.717, 1.165) is 31.6 Å². The Morgan fingerprint density at radius 2 is 2.12 bits per heavy atom. The zero-order valence-corrected chi connectivity index (χ0v) is 8.64. The molecule has 16 heavy (non-hydrogen) atoms. The molecule has 1 fully saturated rings. The SMILES string of the molecule is FC(F)(F)c1cccc(N[C@H]2CCNC2)c1. The first-order valence-electron chi connectivity index (χ1n) is 5.20. The molecule has 2 rings (SSSR count). The Balaban J connectivity index is 2.09. The first-order chi connectivity index (χ1) is 7.55. The highest BCUT2D eigenvalue weighted by molar-refractivity contribution is 5.47. The maximum absolute atomic E-state index is 12.4. The van der Waals surface area contributed by atoms with Crippen LogP contribution in [-0.2, 0) is 6.18 Å². The molecule has 1 aliphatic rings. The highest BCUT2D eigenvalue weighted by atomic mass is 19.4. The molecule has 0 unspecified atom stereocenters. The van der Waals surface area contributed by atoms with Gasteiger partial charge in [-0.3, -0.25) is 0 Å². The van der Waals surface area contributed by atoms with Crippen LogP contribution in [0.2, 0.25) is 0 Å². The van der Waals surface area contributed by atoms with Crippen LogP contribution in [0.5, 0.6) is 0 Å². The molecule has 1 heterocycles. The summed E-state index contributed by atoms with van der Waals surface area (Å²) < 4.78 is 37.3. The smallest absolute Gasteiger partial charge is 0.381 e. The summed E-state index contributed by atoms with van der Waals surface area (Å²) in [5.41, 5.74) is -0.0769. The van der Waals surface area contributed by atoms with Gasteiger partial charge in [-0.05, 0) is 31.2 Å². The van der Waals surface area contributed by atoms with Gasteiger partial charge in [0.05, 0.1) is 5.56 Å². The summed E-state index contributed by atoms with van der Waals surface area (Å²) in [7, 11) is 0. The lowest BCUT2D eigenvalue weighted by Gasteiger charge is -2.14. The Hall–Kier alpha value is -1.23. The van der Waals surface area contributed by atoms with E-state index < -0.39 is 11.7 Å². The third-order valence-corrected chi connectivity index (χ3v) is 2.62. The van der Waals surface area contributed by atoms with Crippen LogP contribution >= 0.6 is 0 Å². The summed E-state index contributed by atoms with van der Waals surface area (Å²) in [6, 6.07) is 5.54. The molecule has 0 amide bonds. The van der Waals surface area contributed by atoms with Crippen molar-refractivity contribution in [2.45, 2.75) is 18.6 Å². The molecule has 1 aromatic rings. The quantitative estimate of drug-likeness (QED) is 0.815. The van der Waals surface area contributed by atoms with E-state index in [9.17, 15) is 13.2 Å². The van der Waals surface area contributed by atoms with Gasteiger partial charge in [0.25, 0.3) is 0 Å². The van der Waals surface area contributed by atoms with Gasteiger partial charge in [-0.1, -0.05) is 6.07 Å². The van der Waals surface area contributed by atoms with E-state index in [4.69, 9.17) is 0 Å². The van der Waals surface area contributed by atoms with Crippen molar-refractivity contribution in [3.05, 3.63) is 29.8 Å². The summed E-state index contributed by atoms with van der Waals surface area (Å²) in [6.45, 7) is 1.72. The molecular weight excluding hydrogens is 217 g/mol. The zero-order chi connectivity index (χ0) is 11.6. The van der Waals surface area contributed by atoms with E-state index in [2.05, 4.69) is 10.6 Å². The van der Waals surface area contributed by atoms with Gasteiger partial charge in [-0.25, -0.2) is 0 Å². The van der Waals surface area contributed by atoms with Gasteiger partial charge in [0.1, 0.15) is 0 Å². The fraction of sp³-hybridized carbons (Fsp3) is 0.455. The number of rotatable bonds is 2. The molecule has 1 atom stereocenters. The van der Waals surface area contributed by atoms with E-state index in [1.54, 1.807) is 6.07 Å². The van der Waals surface area contributed by atoms with Crippen LogP contribution in [0, 0.1) is 0 Å². The van der Waals surface area contributed by atoms with E-state index >= 15 is 0 Å². The number of nitrogens with one attached hydrogen (secondary N) is 2. The van der Waals surface area contributed by atoms with Crippen LogP contribution in [0.4, 0.5) is 18.9 Å². The standard InChI is InChI=1S/C11H13F3N2/c12-11(13,14)8-2-1-3-9(6-8)16-10-4-5-15-7-10/h1-3,6,10,15-16H,4-5,7H2/t10-/m0/s1. The number of hydrogen-bond acceptors (Lipinski definition) is 2. The molecule has 2 nitrogen and oxygen atoms in total. The second kappa shape index (κ2) is 4.33. The summed E-state index contributed by atoms with van der Waals surface area (Å²) in [4.78, 5) is 0. The van der Waals surface area contributed by atoms with Crippen LogP contribution in [0.3, 0.4) is 0 Å². The molecule has 0 radical (unpaired) electrons. The third kappa shape index (κ3) is 2.66. The highest BCUT2D eigenvalue weighted by Gasteiger charge is 2.30. The van der Waals surface area contributed by atoms with Crippen LogP contribution in [0.1, 0.15) is 12.0 Å². The lowest BCUT2D eigenvalue weighted by atomic mass is 10.1. The fourth-order valence-electron chi connectivity index (χ4n) is 1.80. The Kier molecular flexibility index (Phi) is 3.05. The van der Waals surface area contributed by atoms with E-state index in [0.29, 0.717) is 5.69 Å². The molecule has 0 bridgehead atoms. The van der Waals surface area contributed by atoms with Crippen molar-refractivity contribution < 1.29 is 13.2 Å². The number of alkyl halides is 3. The summed E-state index contributed by atoms with van der Waals surface area (Å²) in [6.07, 6.45) is -3.33. The van der Waals surface area contributed by atoms with Crippen molar-refractivity contribution in [3.63, 3.8) is 0 Å². The van der Waals surface area contributed by atoms with Crippen LogP contribution in [-0.4, -0.2) is 19.1 Å². The van der Waals surface area contributed by atoms with E-state index in [1.165, 1.54) is 6.07 Å². The van der Waals surface area contributed by atoms with Crippen molar-refractivity contribution >= 4 is 5.69 Å². The zero-order valence-electron chi connectivity index (χ0n) is 8.64. The van der Waals surface area contributed by atoms with Gasteiger partial charge in [-0.2, -0.15) is 13.2 Å². The van der Waals surface area contributed by atoms with Gasteiger partial charge in [-0.15, -0.1) is 0 Å². The van der Waals surface area contributed by atoms with Crippen molar-refractivity contribution in [2.24, 2.45) is 0 Å². The minimum Gasteiger partial charge on any atom is -0.381 e. The topological polar surface area (TPSA) is 24.1 Å². The molecule has 1 aliphatic heterocycles. The average Bonchev–Trinajstić information content (AvgIpc) is 2.70. The normalized spacial score (nSPS) is 21.1. The predicted molar refractivity (Wildman–Crippen MR) is 56.3 cm³/mol. The Labute approximate surface area is 91.8 Å². The van der Waals surface area contributed by atoms with Gasteiger partial charge in [0, 0.05) is 18.3 Å². The summed E-state index contributed by atoms with van der Waals surface area (Å²) in [5, 5.41) is 6.24. The van der Waals surface area contributed by atoms with Crippen LogP contribution in [0.15, 0.2) is 24.3 Å². The van der Waals surface area contributed by atoms with Gasteiger partial charge < -0.3 is 10.6 Å². The number of anilines is 1. The molecule has 0 aromatic heterocycles. The molecule has 5 heteroatoms. The number of halogens is 3.